The normalized spacial score (nSPS) is 28.1. The van der Waals surface area contributed by atoms with E-state index in [0.717, 1.165) is 17.0 Å². The second kappa shape index (κ2) is 8.41. The predicted octanol–water partition coefficient (Wildman–Crippen LogP) is 2.86. The minimum atomic E-state index is -1.12. The van der Waals surface area contributed by atoms with Crippen molar-refractivity contribution in [1.82, 2.24) is 4.90 Å². The first-order valence-corrected chi connectivity index (χ1v) is 10.6. The van der Waals surface area contributed by atoms with Crippen molar-refractivity contribution in [2.24, 2.45) is 11.8 Å². The number of amides is 2. The number of nitrogens with zero attached hydrogens (tertiary/aromatic N) is 1. The predicted molar refractivity (Wildman–Crippen MR) is 105 cm³/mol. The van der Waals surface area contributed by atoms with Gasteiger partial charge in [0.1, 0.15) is 11.9 Å². The van der Waals surface area contributed by atoms with Gasteiger partial charge in [-0.3, -0.25) is 19.3 Å². The van der Waals surface area contributed by atoms with Gasteiger partial charge in [-0.1, -0.05) is 31.9 Å². The number of carbonyl (C=O) groups excluding carboxylic acids is 4. The van der Waals surface area contributed by atoms with Crippen LogP contribution in [-0.4, -0.2) is 50.8 Å². The lowest BCUT2D eigenvalue weighted by Gasteiger charge is -2.29. The molecule has 2 amide bonds. The number of halogens is 3. The van der Waals surface area contributed by atoms with Crippen LogP contribution in [0.25, 0.3) is 0 Å². The summed E-state index contributed by atoms with van der Waals surface area (Å²) in [6.07, 6.45) is 1.01. The Labute approximate surface area is 178 Å². The minimum Gasteiger partial charge on any atom is -0.456 e. The number of rotatable bonds is 5. The molecule has 0 radical (unpaired) electrons. The maximum absolute atomic E-state index is 12.9. The Morgan fingerprint density at radius 2 is 1.61 bits per heavy atom. The van der Waals surface area contributed by atoms with Crippen LogP contribution in [0.4, 0.5) is 4.39 Å². The molecule has 9 heteroatoms. The fraction of sp³-hybridized carbons (Fsp3) is 0.474. The lowest BCUT2D eigenvalue weighted by molar-refractivity contribution is -0.157. The van der Waals surface area contributed by atoms with Gasteiger partial charge in [0.05, 0.1) is 11.8 Å². The minimum absolute atomic E-state index is 0.0704. The van der Waals surface area contributed by atoms with E-state index in [1.165, 1.54) is 19.1 Å². The van der Waals surface area contributed by atoms with E-state index in [2.05, 4.69) is 31.9 Å². The Bertz CT molecular complexity index is 787. The van der Waals surface area contributed by atoms with Gasteiger partial charge in [0, 0.05) is 15.2 Å². The molecule has 2 aliphatic rings. The molecule has 0 spiro atoms. The summed E-state index contributed by atoms with van der Waals surface area (Å²) >= 11 is 7.02. The van der Waals surface area contributed by atoms with Crippen LogP contribution < -0.4 is 0 Å². The van der Waals surface area contributed by atoms with E-state index in [4.69, 9.17) is 4.74 Å². The van der Waals surface area contributed by atoms with Crippen molar-refractivity contribution in [3.8, 4) is 0 Å². The van der Waals surface area contributed by atoms with Crippen LogP contribution >= 0.6 is 31.9 Å². The van der Waals surface area contributed by atoms with Crippen molar-refractivity contribution in [3.63, 3.8) is 0 Å². The molecule has 5 atom stereocenters. The number of hydrogen-bond acceptors (Lipinski definition) is 5. The lowest BCUT2D eigenvalue weighted by Crippen LogP contribution is -2.44. The number of ketones is 1. The monoisotopic (exact) mass is 517 g/mol. The van der Waals surface area contributed by atoms with E-state index in [1.807, 2.05) is 0 Å². The molecule has 150 valence electrons. The van der Waals surface area contributed by atoms with E-state index < -0.39 is 42.1 Å². The quantitative estimate of drug-likeness (QED) is 0.259. The van der Waals surface area contributed by atoms with Gasteiger partial charge in [-0.15, -0.1) is 0 Å². The maximum atomic E-state index is 12.9. The number of imide groups is 1. The molecule has 0 aromatic heterocycles. The highest BCUT2D eigenvalue weighted by Crippen LogP contribution is 2.43. The summed E-state index contributed by atoms with van der Waals surface area (Å²) in [7, 11) is 0. The van der Waals surface area contributed by atoms with Crippen LogP contribution in [-0.2, 0) is 19.1 Å². The van der Waals surface area contributed by atoms with Crippen LogP contribution in [0.1, 0.15) is 30.1 Å². The van der Waals surface area contributed by atoms with E-state index in [9.17, 15) is 23.6 Å². The molecule has 0 N–H and O–H groups in total. The third kappa shape index (κ3) is 4.05. The number of alkyl halides is 2. The first kappa shape index (κ1) is 21.1. The highest BCUT2D eigenvalue weighted by atomic mass is 79.9. The molecule has 1 aliphatic heterocycles. The van der Waals surface area contributed by atoms with Gasteiger partial charge in [-0.05, 0) is 44.0 Å². The van der Waals surface area contributed by atoms with Crippen molar-refractivity contribution in [3.05, 3.63) is 35.6 Å². The molecule has 0 bridgehead atoms. The van der Waals surface area contributed by atoms with E-state index in [1.54, 1.807) is 0 Å². The van der Waals surface area contributed by atoms with Crippen LogP contribution in [0.2, 0.25) is 0 Å². The van der Waals surface area contributed by atoms with Crippen molar-refractivity contribution in [2.45, 2.75) is 35.5 Å². The average Bonchev–Trinajstić information content (AvgIpc) is 2.90. The van der Waals surface area contributed by atoms with E-state index in [-0.39, 0.29) is 27.0 Å². The van der Waals surface area contributed by atoms with E-state index >= 15 is 0 Å². The SMILES string of the molecule is C[C@H](C(=O)OCC(=O)c1ccc(F)cc1)N1C(=O)[C@H]2C[C@H](Br)[C@@H](Br)C[C@H]2C1=O. The Morgan fingerprint density at radius 1 is 1.11 bits per heavy atom. The third-order valence-corrected chi connectivity index (χ3v) is 7.92. The molecule has 2 fully saturated rings. The van der Waals surface area contributed by atoms with Crippen LogP contribution in [0, 0.1) is 17.7 Å². The fourth-order valence-electron chi connectivity index (χ4n) is 3.58. The number of likely N-dealkylation sites (tertiary alicyclic amines) is 1. The van der Waals surface area contributed by atoms with E-state index in [0.29, 0.717) is 12.8 Å². The Hall–Kier alpha value is -1.61. The number of carbonyl (C=O) groups is 4. The van der Waals surface area contributed by atoms with Crippen LogP contribution in [0.3, 0.4) is 0 Å². The zero-order chi connectivity index (χ0) is 20.6. The molecule has 1 saturated carbocycles. The molecular weight excluding hydrogens is 501 g/mol. The van der Waals surface area contributed by atoms with Gasteiger partial charge in [0.15, 0.2) is 12.4 Å². The largest absolute Gasteiger partial charge is 0.456 e. The Morgan fingerprint density at radius 3 is 2.11 bits per heavy atom. The first-order chi connectivity index (χ1) is 13.2. The van der Waals surface area contributed by atoms with Gasteiger partial charge in [-0.2, -0.15) is 0 Å². The van der Waals surface area contributed by atoms with Crippen molar-refractivity contribution in [1.29, 1.82) is 0 Å². The number of Topliss-reactive ketones (excluding diaryl/α,β-unsaturated/α-hetero) is 1. The Balaban J connectivity index is 1.63. The average molecular weight is 519 g/mol. The van der Waals surface area contributed by atoms with Crippen molar-refractivity contribution < 1.29 is 28.3 Å². The molecule has 1 heterocycles. The summed E-state index contributed by atoms with van der Waals surface area (Å²) < 4.78 is 17.9. The second-order valence-corrected chi connectivity index (χ2v) is 9.33. The lowest BCUT2D eigenvalue weighted by atomic mass is 9.81. The molecule has 1 aromatic carbocycles. The number of esters is 1. The zero-order valence-electron chi connectivity index (χ0n) is 14.9. The fourth-order valence-corrected chi connectivity index (χ4v) is 4.82. The van der Waals surface area contributed by atoms with Crippen LogP contribution in [0.5, 0.6) is 0 Å². The highest BCUT2D eigenvalue weighted by molar-refractivity contribution is 9.12. The molecule has 0 unspecified atom stereocenters. The molecule has 28 heavy (non-hydrogen) atoms. The van der Waals surface area contributed by atoms with Gasteiger partial charge in [0.25, 0.3) is 0 Å². The molecule has 3 rings (SSSR count). The second-order valence-electron chi connectivity index (χ2n) is 6.98. The number of ether oxygens (including phenoxy) is 1. The summed E-state index contributed by atoms with van der Waals surface area (Å²) in [6, 6.07) is 3.74. The molecular formula is C19H18Br2FNO5. The number of benzene rings is 1. The third-order valence-electron chi connectivity index (χ3n) is 5.19. The molecule has 1 saturated heterocycles. The van der Waals surface area contributed by atoms with Gasteiger partial charge < -0.3 is 4.74 Å². The highest BCUT2D eigenvalue weighted by Gasteiger charge is 2.54. The summed E-state index contributed by atoms with van der Waals surface area (Å²) in [5.74, 6) is -3.49. The summed E-state index contributed by atoms with van der Waals surface area (Å²) in [5.41, 5.74) is 0.202. The molecule has 1 aliphatic carbocycles. The number of fused-ring (bicyclic) bond motifs is 1. The Kier molecular flexibility index (Phi) is 6.34. The molecule has 1 aromatic rings. The van der Waals surface area contributed by atoms with Gasteiger partial charge >= 0.3 is 5.97 Å². The summed E-state index contributed by atoms with van der Waals surface area (Å²) in [6.45, 7) is 0.861. The number of hydrogen-bond donors (Lipinski definition) is 0. The smallest absolute Gasteiger partial charge is 0.329 e. The van der Waals surface area contributed by atoms with Crippen molar-refractivity contribution in [2.75, 3.05) is 6.61 Å². The summed E-state index contributed by atoms with van der Waals surface area (Å²) in [5, 5.41) is 0. The van der Waals surface area contributed by atoms with Gasteiger partial charge in [0.2, 0.25) is 11.8 Å². The summed E-state index contributed by atoms with van der Waals surface area (Å²) in [4.78, 5) is 50.9. The van der Waals surface area contributed by atoms with Crippen LogP contribution in [0.15, 0.2) is 24.3 Å². The molecule has 6 nitrogen and oxygen atoms in total. The standard InChI is InChI=1S/C19H18Br2FNO5/c1-9(19(27)28-8-16(24)10-2-4-11(22)5-3-10)23-17(25)12-6-14(20)15(21)7-13(12)18(23)26/h2-5,9,12-15H,6-8H2,1H3/t9-,12-,13+,14+,15+/m1/s1. The van der Waals surface area contributed by atoms with Gasteiger partial charge in [-0.25, -0.2) is 9.18 Å². The maximum Gasteiger partial charge on any atom is 0.329 e. The zero-order valence-corrected chi connectivity index (χ0v) is 18.1. The van der Waals surface area contributed by atoms with Crippen molar-refractivity contribution >= 4 is 55.4 Å². The topological polar surface area (TPSA) is 80.8 Å². The first-order valence-electron chi connectivity index (χ1n) is 8.81.